The van der Waals surface area contributed by atoms with Gasteiger partial charge in [-0.3, -0.25) is 4.79 Å². The van der Waals surface area contributed by atoms with Crippen LogP contribution in [-0.4, -0.2) is 11.1 Å². The Labute approximate surface area is 131 Å². The lowest BCUT2D eigenvalue weighted by Gasteiger charge is -2.27. The first kappa shape index (κ1) is 14.6. The molecule has 0 saturated heterocycles. The molecule has 2 aromatic carbocycles. The summed E-state index contributed by atoms with van der Waals surface area (Å²) >= 11 is 0. The van der Waals surface area contributed by atoms with Gasteiger partial charge in [0.25, 0.3) is 0 Å². The van der Waals surface area contributed by atoms with Crippen molar-refractivity contribution >= 4 is 17.1 Å². The minimum absolute atomic E-state index is 0.448. The van der Waals surface area contributed by atoms with Crippen molar-refractivity contribution < 1.29 is 9.90 Å². The van der Waals surface area contributed by atoms with E-state index in [1.54, 1.807) is 0 Å². The molecule has 1 aliphatic rings. The standard InChI is InChI=1S/C20H20O2/c1-2-16(20(21)22)19-17-11-7-6-10-15(17)12-13-18(19)14-8-4-3-5-9-14/h3-11,16H,2,12-13H2,1H3,(H,21,22). The molecule has 0 aromatic heterocycles. The number of benzene rings is 2. The van der Waals surface area contributed by atoms with E-state index < -0.39 is 11.9 Å². The molecule has 2 aromatic rings. The fourth-order valence-corrected chi connectivity index (χ4v) is 3.40. The third-order valence-corrected chi connectivity index (χ3v) is 4.45. The molecule has 1 aliphatic carbocycles. The van der Waals surface area contributed by atoms with Crippen LogP contribution in [0.1, 0.15) is 36.5 Å². The molecule has 1 N–H and O–H groups in total. The van der Waals surface area contributed by atoms with Gasteiger partial charge >= 0.3 is 5.97 Å². The number of fused-ring (bicyclic) bond motifs is 1. The van der Waals surface area contributed by atoms with Gasteiger partial charge in [-0.15, -0.1) is 0 Å². The van der Waals surface area contributed by atoms with Crippen LogP contribution >= 0.6 is 0 Å². The van der Waals surface area contributed by atoms with Gasteiger partial charge < -0.3 is 5.11 Å². The van der Waals surface area contributed by atoms with E-state index >= 15 is 0 Å². The van der Waals surface area contributed by atoms with Crippen LogP contribution in [-0.2, 0) is 11.2 Å². The van der Waals surface area contributed by atoms with Crippen LogP contribution in [0.2, 0.25) is 0 Å². The molecule has 2 heteroatoms. The lowest BCUT2D eigenvalue weighted by Crippen LogP contribution is -2.19. The summed E-state index contributed by atoms with van der Waals surface area (Å²) in [6, 6.07) is 18.4. The molecule has 1 unspecified atom stereocenters. The lowest BCUT2D eigenvalue weighted by atomic mass is 9.76. The molecule has 3 rings (SSSR count). The second kappa shape index (κ2) is 6.18. The van der Waals surface area contributed by atoms with Crippen LogP contribution in [0.3, 0.4) is 0 Å². The second-order valence-electron chi connectivity index (χ2n) is 5.71. The molecule has 0 amide bonds. The molecule has 0 aliphatic heterocycles. The Morgan fingerprint density at radius 2 is 1.73 bits per heavy atom. The molecule has 0 bridgehead atoms. The Kier molecular flexibility index (Phi) is 4.10. The van der Waals surface area contributed by atoms with Crippen molar-refractivity contribution in [1.29, 1.82) is 0 Å². The van der Waals surface area contributed by atoms with Gasteiger partial charge in [0, 0.05) is 0 Å². The van der Waals surface area contributed by atoms with E-state index in [1.807, 2.05) is 37.3 Å². The van der Waals surface area contributed by atoms with Crippen LogP contribution in [0, 0.1) is 5.92 Å². The molecular weight excluding hydrogens is 272 g/mol. The summed E-state index contributed by atoms with van der Waals surface area (Å²) in [4.78, 5) is 11.8. The first-order valence-electron chi connectivity index (χ1n) is 7.82. The average molecular weight is 292 g/mol. The third kappa shape index (κ3) is 2.57. The highest BCUT2D eigenvalue weighted by Crippen LogP contribution is 2.41. The number of allylic oxidation sites excluding steroid dienone is 1. The van der Waals surface area contributed by atoms with E-state index in [0.29, 0.717) is 6.42 Å². The second-order valence-corrected chi connectivity index (χ2v) is 5.71. The van der Waals surface area contributed by atoms with Crippen LogP contribution in [0.25, 0.3) is 11.1 Å². The van der Waals surface area contributed by atoms with Crippen molar-refractivity contribution in [3.8, 4) is 0 Å². The summed E-state index contributed by atoms with van der Waals surface area (Å²) in [6.07, 6.45) is 2.48. The molecule has 2 nitrogen and oxygen atoms in total. The Hall–Kier alpha value is -2.35. The summed E-state index contributed by atoms with van der Waals surface area (Å²) in [5.41, 5.74) is 5.71. The molecule has 112 valence electrons. The SMILES string of the molecule is CCC(C(=O)O)C1=C(c2ccccc2)CCc2ccccc21. The van der Waals surface area contributed by atoms with E-state index in [4.69, 9.17) is 0 Å². The maximum Gasteiger partial charge on any atom is 0.310 e. The molecule has 0 spiro atoms. The van der Waals surface area contributed by atoms with Crippen molar-refractivity contribution in [3.63, 3.8) is 0 Å². The Morgan fingerprint density at radius 3 is 2.41 bits per heavy atom. The number of carboxylic acids is 1. The summed E-state index contributed by atoms with van der Waals surface area (Å²) < 4.78 is 0. The largest absolute Gasteiger partial charge is 0.481 e. The maximum atomic E-state index is 11.8. The number of aliphatic carboxylic acids is 1. The molecular formula is C20H20O2. The molecule has 0 fully saturated rings. The van der Waals surface area contributed by atoms with Crippen molar-refractivity contribution in [3.05, 3.63) is 71.3 Å². The van der Waals surface area contributed by atoms with Gasteiger partial charge in [0.1, 0.15) is 0 Å². The minimum atomic E-state index is -0.734. The van der Waals surface area contributed by atoms with E-state index in [1.165, 1.54) is 11.1 Å². The molecule has 0 saturated carbocycles. The van der Waals surface area contributed by atoms with Crippen LogP contribution in [0.15, 0.2) is 54.6 Å². The van der Waals surface area contributed by atoms with Gasteiger partial charge in [-0.1, -0.05) is 61.5 Å². The van der Waals surface area contributed by atoms with Gasteiger partial charge in [0.2, 0.25) is 0 Å². The van der Waals surface area contributed by atoms with E-state index in [9.17, 15) is 9.90 Å². The third-order valence-electron chi connectivity index (χ3n) is 4.45. The Morgan fingerprint density at radius 1 is 1.05 bits per heavy atom. The first-order valence-corrected chi connectivity index (χ1v) is 7.82. The highest BCUT2D eigenvalue weighted by Gasteiger charge is 2.29. The zero-order valence-corrected chi connectivity index (χ0v) is 12.8. The van der Waals surface area contributed by atoms with Gasteiger partial charge in [-0.05, 0) is 47.1 Å². The van der Waals surface area contributed by atoms with Gasteiger partial charge in [-0.25, -0.2) is 0 Å². The van der Waals surface area contributed by atoms with E-state index in [0.717, 1.165) is 29.5 Å². The fraction of sp³-hybridized carbons (Fsp3) is 0.250. The van der Waals surface area contributed by atoms with E-state index in [2.05, 4.69) is 24.3 Å². The number of aryl methyl sites for hydroxylation is 1. The number of carbonyl (C=O) groups is 1. The van der Waals surface area contributed by atoms with Crippen molar-refractivity contribution in [2.45, 2.75) is 26.2 Å². The molecule has 0 heterocycles. The molecule has 1 atom stereocenters. The highest BCUT2D eigenvalue weighted by atomic mass is 16.4. The first-order chi connectivity index (χ1) is 10.7. The predicted molar refractivity (Wildman–Crippen MR) is 89.4 cm³/mol. The quantitative estimate of drug-likeness (QED) is 0.890. The van der Waals surface area contributed by atoms with Crippen LogP contribution < -0.4 is 0 Å². The Bertz CT molecular complexity index is 713. The number of hydrogen-bond acceptors (Lipinski definition) is 1. The predicted octanol–water partition coefficient (Wildman–Crippen LogP) is 4.65. The Balaban J connectivity index is 2.24. The summed E-state index contributed by atoms with van der Waals surface area (Å²) in [5, 5.41) is 9.68. The van der Waals surface area contributed by atoms with Crippen LogP contribution in [0.4, 0.5) is 0 Å². The van der Waals surface area contributed by atoms with E-state index in [-0.39, 0.29) is 0 Å². The zero-order chi connectivity index (χ0) is 15.5. The lowest BCUT2D eigenvalue weighted by molar-refractivity contribution is -0.139. The normalized spacial score (nSPS) is 15.3. The zero-order valence-electron chi connectivity index (χ0n) is 12.8. The van der Waals surface area contributed by atoms with Crippen molar-refractivity contribution in [2.75, 3.05) is 0 Å². The minimum Gasteiger partial charge on any atom is -0.481 e. The van der Waals surface area contributed by atoms with Crippen LogP contribution in [0.5, 0.6) is 0 Å². The molecule has 0 radical (unpaired) electrons. The monoisotopic (exact) mass is 292 g/mol. The summed E-state index contributed by atoms with van der Waals surface area (Å²) in [5.74, 6) is -1.18. The number of rotatable bonds is 4. The molecule has 22 heavy (non-hydrogen) atoms. The smallest absolute Gasteiger partial charge is 0.310 e. The van der Waals surface area contributed by atoms with Crippen molar-refractivity contribution in [1.82, 2.24) is 0 Å². The van der Waals surface area contributed by atoms with Gasteiger partial charge in [-0.2, -0.15) is 0 Å². The topological polar surface area (TPSA) is 37.3 Å². The number of carboxylic acid groups (broad SMARTS) is 1. The average Bonchev–Trinajstić information content (AvgIpc) is 2.56. The maximum absolute atomic E-state index is 11.8. The summed E-state index contributed by atoms with van der Waals surface area (Å²) in [7, 11) is 0. The fourth-order valence-electron chi connectivity index (χ4n) is 3.40. The van der Waals surface area contributed by atoms with Gasteiger partial charge in [0.15, 0.2) is 0 Å². The van der Waals surface area contributed by atoms with Crippen molar-refractivity contribution in [2.24, 2.45) is 5.92 Å². The van der Waals surface area contributed by atoms with Gasteiger partial charge in [0.05, 0.1) is 5.92 Å². The number of hydrogen-bond donors (Lipinski definition) is 1. The highest BCUT2D eigenvalue weighted by molar-refractivity contribution is 6.01. The summed E-state index contributed by atoms with van der Waals surface area (Å²) in [6.45, 7) is 1.95.